The number of aliphatic hydroxyl groups excluding tert-OH is 1. The third kappa shape index (κ3) is 2.17. The van der Waals surface area contributed by atoms with Crippen molar-refractivity contribution < 1.29 is 5.11 Å². The van der Waals surface area contributed by atoms with E-state index in [-0.39, 0.29) is 6.10 Å². The van der Waals surface area contributed by atoms with E-state index in [2.05, 4.69) is 4.90 Å². The lowest BCUT2D eigenvalue weighted by molar-refractivity contribution is 0.160. The molecule has 1 saturated carbocycles. The maximum absolute atomic E-state index is 10.2. The maximum Gasteiger partial charge on any atom is 0.186 e. The smallest absolute Gasteiger partial charge is 0.186 e. The molecule has 1 saturated heterocycles. The van der Waals surface area contributed by atoms with Gasteiger partial charge >= 0.3 is 0 Å². The molecule has 3 aliphatic rings. The summed E-state index contributed by atoms with van der Waals surface area (Å²) < 4.78 is 0. The minimum absolute atomic E-state index is 0.253. The summed E-state index contributed by atoms with van der Waals surface area (Å²) in [6.07, 6.45) is 11.1. The highest BCUT2D eigenvalue weighted by Gasteiger charge is 2.35. The summed E-state index contributed by atoms with van der Waals surface area (Å²) >= 11 is 1.77. The molecule has 0 bridgehead atoms. The van der Waals surface area contributed by atoms with Gasteiger partial charge in [-0.05, 0) is 50.9 Å². The number of hydrogen-bond donors (Lipinski definition) is 1. The summed E-state index contributed by atoms with van der Waals surface area (Å²) in [5.41, 5.74) is 1.18. The van der Waals surface area contributed by atoms with Gasteiger partial charge < -0.3 is 10.0 Å². The number of thiazole rings is 1. The van der Waals surface area contributed by atoms with Crippen LogP contribution in [0.4, 0.5) is 5.13 Å². The Labute approximate surface area is 125 Å². The highest BCUT2D eigenvalue weighted by molar-refractivity contribution is 7.15. The van der Waals surface area contributed by atoms with Crippen molar-refractivity contribution in [3.8, 4) is 0 Å². The number of fused-ring (bicyclic) bond motifs is 2. The second-order valence-corrected chi connectivity index (χ2v) is 7.67. The summed E-state index contributed by atoms with van der Waals surface area (Å²) in [4.78, 5) is 8.64. The minimum Gasteiger partial charge on any atom is -0.388 e. The summed E-state index contributed by atoms with van der Waals surface area (Å²) in [7, 11) is 0. The molecule has 3 nitrogen and oxygen atoms in total. The number of piperidine rings is 1. The highest BCUT2D eigenvalue weighted by atomic mass is 32.1. The van der Waals surface area contributed by atoms with Gasteiger partial charge in [-0.1, -0.05) is 24.2 Å². The molecule has 110 valence electrons. The van der Waals surface area contributed by atoms with E-state index in [9.17, 15) is 5.11 Å². The predicted molar refractivity (Wildman–Crippen MR) is 82.3 cm³/mol. The molecule has 4 heteroatoms. The molecule has 2 fully saturated rings. The standard InChI is InChI=1S/C16H24N2OS/c19-14-9-3-7-12-15(14)20-16(17-12)18-10-4-6-11-5-1-2-8-13(11)18/h11,13-14,19H,1-10H2/t11-,13-,14?/m1/s1. The summed E-state index contributed by atoms with van der Waals surface area (Å²) in [5.74, 6) is 0.892. The van der Waals surface area contributed by atoms with E-state index >= 15 is 0 Å². The van der Waals surface area contributed by atoms with Gasteiger partial charge in [-0.2, -0.15) is 0 Å². The van der Waals surface area contributed by atoms with Crippen molar-refractivity contribution in [3.05, 3.63) is 10.6 Å². The first-order valence-corrected chi connectivity index (χ1v) is 9.09. The molecular formula is C16H24N2OS. The number of aryl methyl sites for hydroxylation is 1. The second kappa shape index (κ2) is 5.30. The van der Waals surface area contributed by atoms with Crippen molar-refractivity contribution in [1.29, 1.82) is 0 Å². The minimum atomic E-state index is -0.253. The third-order valence-electron chi connectivity index (χ3n) is 5.40. The van der Waals surface area contributed by atoms with Crippen LogP contribution in [0.1, 0.15) is 68.0 Å². The molecule has 0 spiro atoms. The molecule has 0 amide bonds. The van der Waals surface area contributed by atoms with E-state index in [1.165, 1.54) is 55.9 Å². The van der Waals surface area contributed by atoms with E-state index in [1.54, 1.807) is 11.3 Å². The van der Waals surface area contributed by atoms with E-state index in [1.807, 2.05) is 0 Å². The summed E-state index contributed by atoms with van der Waals surface area (Å²) in [6, 6.07) is 0.724. The van der Waals surface area contributed by atoms with Gasteiger partial charge in [0.25, 0.3) is 0 Å². The van der Waals surface area contributed by atoms with E-state index in [0.29, 0.717) is 0 Å². The second-order valence-electron chi connectivity index (χ2n) is 6.66. The SMILES string of the molecule is OC1CCCc2nc(N3CCC[C@H]4CCCC[C@H]43)sc21. The number of rotatable bonds is 1. The van der Waals surface area contributed by atoms with Gasteiger partial charge in [0.05, 0.1) is 16.7 Å². The number of aliphatic hydroxyl groups is 1. The molecule has 1 aromatic heterocycles. The molecule has 4 rings (SSSR count). The summed E-state index contributed by atoms with van der Waals surface area (Å²) in [6.45, 7) is 1.17. The summed E-state index contributed by atoms with van der Waals surface area (Å²) in [5, 5.41) is 11.4. The van der Waals surface area contributed by atoms with Gasteiger partial charge in [-0.3, -0.25) is 0 Å². The number of anilines is 1. The topological polar surface area (TPSA) is 36.4 Å². The fourth-order valence-corrected chi connectivity index (χ4v) is 5.59. The van der Waals surface area contributed by atoms with Crippen LogP contribution in [-0.2, 0) is 6.42 Å². The lowest BCUT2D eigenvalue weighted by atomic mass is 9.78. The lowest BCUT2D eigenvalue weighted by Crippen LogP contribution is -2.46. The Morgan fingerprint density at radius 3 is 2.80 bits per heavy atom. The van der Waals surface area contributed by atoms with Crippen LogP contribution in [0.25, 0.3) is 0 Å². The fraction of sp³-hybridized carbons (Fsp3) is 0.812. The number of nitrogens with zero attached hydrogens (tertiary/aromatic N) is 2. The molecule has 20 heavy (non-hydrogen) atoms. The zero-order valence-electron chi connectivity index (χ0n) is 12.1. The maximum atomic E-state index is 10.2. The Morgan fingerprint density at radius 1 is 1.05 bits per heavy atom. The highest BCUT2D eigenvalue weighted by Crippen LogP contribution is 2.42. The largest absolute Gasteiger partial charge is 0.388 e. The quantitative estimate of drug-likeness (QED) is 0.858. The monoisotopic (exact) mass is 292 g/mol. The molecule has 3 atom stereocenters. The lowest BCUT2D eigenvalue weighted by Gasteiger charge is -2.44. The van der Waals surface area contributed by atoms with Crippen LogP contribution in [-0.4, -0.2) is 22.7 Å². The first-order valence-electron chi connectivity index (χ1n) is 8.27. The fourth-order valence-electron chi connectivity index (χ4n) is 4.37. The Hall–Kier alpha value is -0.610. The van der Waals surface area contributed by atoms with Gasteiger partial charge in [-0.25, -0.2) is 4.98 Å². The third-order valence-corrected chi connectivity index (χ3v) is 6.63. The molecular weight excluding hydrogens is 268 g/mol. The molecule has 2 heterocycles. The van der Waals surface area contributed by atoms with Crippen LogP contribution < -0.4 is 4.90 Å². The zero-order chi connectivity index (χ0) is 13.5. The van der Waals surface area contributed by atoms with Gasteiger partial charge in [-0.15, -0.1) is 0 Å². The Kier molecular flexibility index (Phi) is 3.47. The average molecular weight is 292 g/mol. The van der Waals surface area contributed by atoms with Crippen molar-refractivity contribution in [1.82, 2.24) is 4.98 Å². The molecule has 1 aliphatic heterocycles. The van der Waals surface area contributed by atoms with E-state index in [0.717, 1.165) is 36.1 Å². The van der Waals surface area contributed by atoms with Gasteiger partial charge in [0, 0.05) is 12.6 Å². The van der Waals surface area contributed by atoms with Crippen molar-refractivity contribution in [2.75, 3.05) is 11.4 Å². The number of hydrogen-bond acceptors (Lipinski definition) is 4. The molecule has 1 N–H and O–H groups in total. The number of aromatic nitrogens is 1. The zero-order valence-corrected chi connectivity index (χ0v) is 12.9. The van der Waals surface area contributed by atoms with Crippen LogP contribution in [0.5, 0.6) is 0 Å². The van der Waals surface area contributed by atoms with Crippen LogP contribution in [0.2, 0.25) is 0 Å². The average Bonchev–Trinajstić information content (AvgIpc) is 2.92. The van der Waals surface area contributed by atoms with Gasteiger partial charge in [0.2, 0.25) is 0 Å². The van der Waals surface area contributed by atoms with E-state index < -0.39 is 0 Å². The van der Waals surface area contributed by atoms with Crippen LogP contribution in [0.3, 0.4) is 0 Å². The molecule has 0 aromatic carbocycles. The van der Waals surface area contributed by atoms with Gasteiger partial charge in [0.15, 0.2) is 5.13 Å². The van der Waals surface area contributed by atoms with Crippen molar-refractivity contribution in [3.63, 3.8) is 0 Å². The van der Waals surface area contributed by atoms with Gasteiger partial charge in [0.1, 0.15) is 0 Å². The first kappa shape index (κ1) is 13.1. The Bertz CT molecular complexity index is 485. The Balaban J connectivity index is 1.63. The first-order chi connectivity index (χ1) is 9.83. The van der Waals surface area contributed by atoms with Crippen LogP contribution in [0, 0.1) is 5.92 Å². The predicted octanol–water partition coefficient (Wildman–Crippen LogP) is 3.67. The van der Waals surface area contributed by atoms with Crippen molar-refractivity contribution in [2.24, 2.45) is 5.92 Å². The molecule has 0 radical (unpaired) electrons. The van der Waals surface area contributed by atoms with E-state index in [4.69, 9.17) is 4.98 Å². The Morgan fingerprint density at radius 2 is 1.90 bits per heavy atom. The van der Waals surface area contributed by atoms with Crippen LogP contribution in [0.15, 0.2) is 0 Å². The normalized spacial score (nSPS) is 33.6. The molecule has 1 aromatic rings. The van der Waals surface area contributed by atoms with Crippen molar-refractivity contribution in [2.45, 2.75) is 69.9 Å². The molecule has 1 unspecified atom stereocenters. The molecule has 2 aliphatic carbocycles. The van der Waals surface area contributed by atoms with Crippen molar-refractivity contribution >= 4 is 16.5 Å². The van der Waals surface area contributed by atoms with Crippen LogP contribution >= 0.6 is 11.3 Å².